The summed E-state index contributed by atoms with van der Waals surface area (Å²) in [5.74, 6) is 0.630. The second-order valence-corrected chi connectivity index (χ2v) is 4.16. The largest absolute Gasteiger partial charge is 0.475 e. The number of hydrogen-bond acceptors (Lipinski definition) is 4. The molecule has 2 heterocycles. The van der Waals surface area contributed by atoms with Crippen LogP contribution in [-0.2, 0) is 4.74 Å². The van der Waals surface area contributed by atoms with Gasteiger partial charge < -0.3 is 15.2 Å². The Kier molecular flexibility index (Phi) is 3.74. The van der Waals surface area contributed by atoms with Crippen LogP contribution in [0.25, 0.3) is 0 Å². The molecule has 1 aromatic heterocycles. The molecule has 1 fully saturated rings. The zero-order valence-corrected chi connectivity index (χ0v) is 9.56. The molecule has 0 radical (unpaired) electrons. The van der Waals surface area contributed by atoms with Crippen LogP contribution < -0.4 is 10.5 Å². The Hall–Kier alpha value is -1.13. The van der Waals surface area contributed by atoms with Gasteiger partial charge in [0.1, 0.15) is 6.61 Å². The molecule has 0 aliphatic carbocycles. The number of rotatable bonds is 4. The molecule has 0 amide bonds. The zero-order valence-electron chi connectivity index (χ0n) is 9.56. The third-order valence-corrected chi connectivity index (χ3v) is 2.73. The highest BCUT2D eigenvalue weighted by Crippen LogP contribution is 2.17. The van der Waals surface area contributed by atoms with E-state index in [1.165, 1.54) is 0 Å². The average molecular weight is 222 g/mol. The summed E-state index contributed by atoms with van der Waals surface area (Å²) in [6, 6.07) is 3.80. The van der Waals surface area contributed by atoms with Crippen molar-refractivity contribution in [1.29, 1.82) is 0 Å². The minimum Gasteiger partial charge on any atom is -0.475 e. The SMILES string of the molecule is C[C@@H](N)c1ccnc(OCC2CCCO2)c1. The topological polar surface area (TPSA) is 57.4 Å². The summed E-state index contributed by atoms with van der Waals surface area (Å²) in [6.07, 6.45) is 4.15. The lowest BCUT2D eigenvalue weighted by Gasteiger charge is -2.12. The molecule has 2 atom stereocenters. The molecule has 0 aromatic carbocycles. The lowest BCUT2D eigenvalue weighted by atomic mass is 10.1. The second kappa shape index (κ2) is 5.27. The van der Waals surface area contributed by atoms with Gasteiger partial charge in [0, 0.05) is 24.9 Å². The van der Waals surface area contributed by atoms with Crippen molar-refractivity contribution < 1.29 is 9.47 Å². The highest BCUT2D eigenvalue weighted by molar-refractivity contribution is 5.22. The first-order valence-electron chi connectivity index (χ1n) is 5.71. The molecule has 16 heavy (non-hydrogen) atoms. The summed E-state index contributed by atoms with van der Waals surface area (Å²) >= 11 is 0. The molecule has 4 nitrogen and oxygen atoms in total. The van der Waals surface area contributed by atoms with Crippen molar-refractivity contribution >= 4 is 0 Å². The predicted molar refractivity (Wildman–Crippen MR) is 61.3 cm³/mol. The number of ether oxygens (including phenoxy) is 2. The maximum atomic E-state index is 5.79. The van der Waals surface area contributed by atoms with Gasteiger partial charge in [-0.2, -0.15) is 0 Å². The molecule has 1 aromatic rings. The second-order valence-electron chi connectivity index (χ2n) is 4.16. The fourth-order valence-electron chi connectivity index (χ4n) is 1.74. The molecule has 1 aliphatic rings. The number of aromatic nitrogens is 1. The predicted octanol–water partition coefficient (Wildman–Crippen LogP) is 1.66. The van der Waals surface area contributed by atoms with E-state index in [9.17, 15) is 0 Å². The maximum absolute atomic E-state index is 5.79. The summed E-state index contributed by atoms with van der Waals surface area (Å²) in [5, 5.41) is 0. The van der Waals surface area contributed by atoms with Crippen LogP contribution in [0.5, 0.6) is 5.88 Å². The molecule has 0 bridgehead atoms. The van der Waals surface area contributed by atoms with E-state index in [1.54, 1.807) is 6.20 Å². The van der Waals surface area contributed by atoms with Crippen LogP contribution in [0.15, 0.2) is 18.3 Å². The Balaban J connectivity index is 1.90. The quantitative estimate of drug-likeness (QED) is 0.841. The van der Waals surface area contributed by atoms with Gasteiger partial charge in [-0.15, -0.1) is 0 Å². The van der Waals surface area contributed by atoms with Crippen molar-refractivity contribution in [2.75, 3.05) is 13.2 Å². The number of hydrogen-bond donors (Lipinski definition) is 1. The highest BCUT2D eigenvalue weighted by atomic mass is 16.5. The van der Waals surface area contributed by atoms with Crippen LogP contribution >= 0.6 is 0 Å². The van der Waals surface area contributed by atoms with Crippen molar-refractivity contribution in [3.8, 4) is 5.88 Å². The smallest absolute Gasteiger partial charge is 0.213 e. The van der Waals surface area contributed by atoms with E-state index < -0.39 is 0 Å². The van der Waals surface area contributed by atoms with Crippen molar-refractivity contribution in [3.63, 3.8) is 0 Å². The number of nitrogens with two attached hydrogens (primary N) is 1. The van der Waals surface area contributed by atoms with Gasteiger partial charge in [-0.25, -0.2) is 4.98 Å². The first-order valence-corrected chi connectivity index (χ1v) is 5.71. The lowest BCUT2D eigenvalue weighted by molar-refractivity contribution is 0.0663. The minimum atomic E-state index is 0.00748. The van der Waals surface area contributed by atoms with Crippen molar-refractivity contribution in [2.24, 2.45) is 5.73 Å². The molecular weight excluding hydrogens is 204 g/mol. The summed E-state index contributed by atoms with van der Waals surface area (Å²) in [4.78, 5) is 4.15. The molecule has 1 saturated heterocycles. The summed E-state index contributed by atoms with van der Waals surface area (Å²) in [7, 11) is 0. The molecule has 88 valence electrons. The monoisotopic (exact) mass is 222 g/mol. The summed E-state index contributed by atoms with van der Waals surface area (Å²) < 4.78 is 11.1. The Morgan fingerprint density at radius 3 is 3.25 bits per heavy atom. The Labute approximate surface area is 95.8 Å². The Morgan fingerprint density at radius 2 is 2.56 bits per heavy atom. The van der Waals surface area contributed by atoms with Gasteiger partial charge in [-0.3, -0.25) is 0 Å². The zero-order chi connectivity index (χ0) is 11.4. The normalized spacial score (nSPS) is 22.0. The van der Waals surface area contributed by atoms with E-state index >= 15 is 0 Å². The van der Waals surface area contributed by atoms with Crippen molar-refractivity contribution in [3.05, 3.63) is 23.9 Å². The molecule has 4 heteroatoms. The van der Waals surface area contributed by atoms with Gasteiger partial charge in [-0.1, -0.05) is 0 Å². The van der Waals surface area contributed by atoms with Gasteiger partial charge in [0.2, 0.25) is 5.88 Å². The van der Waals surface area contributed by atoms with E-state index in [4.69, 9.17) is 15.2 Å². The molecule has 2 N–H and O–H groups in total. The molecule has 1 aliphatic heterocycles. The first kappa shape index (κ1) is 11.4. The van der Waals surface area contributed by atoms with Crippen LogP contribution in [0.2, 0.25) is 0 Å². The van der Waals surface area contributed by atoms with Crippen molar-refractivity contribution in [1.82, 2.24) is 4.98 Å². The molecular formula is C12H18N2O2. The number of pyridine rings is 1. The van der Waals surface area contributed by atoms with Crippen LogP contribution in [-0.4, -0.2) is 24.3 Å². The summed E-state index contributed by atoms with van der Waals surface area (Å²) in [5.41, 5.74) is 6.83. The third kappa shape index (κ3) is 2.93. The Bertz CT molecular complexity index is 336. The fraction of sp³-hybridized carbons (Fsp3) is 0.583. The fourth-order valence-corrected chi connectivity index (χ4v) is 1.74. The van der Waals surface area contributed by atoms with E-state index in [2.05, 4.69) is 4.98 Å². The van der Waals surface area contributed by atoms with E-state index in [1.807, 2.05) is 19.1 Å². The van der Waals surface area contributed by atoms with E-state index in [0.29, 0.717) is 12.5 Å². The lowest BCUT2D eigenvalue weighted by Crippen LogP contribution is -2.17. The van der Waals surface area contributed by atoms with Gasteiger partial charge in [-0.05, 0) is 31.4 Å². The number of nitrogens with zero attached hydrogens (tertiary/aromatic N) is 1. The molecule has 1 unspecified atom stereocenters. The molecule has 2 rings (SSSR count). The molecule has 0 saturated carbocycles. The van der Waals surface area contributed by atoms with Crippen LogP contribution in [0.4, 0.5) is 0 Å². The average Bonchev–Trinajstić information content (AvgIpc) is 2.79. The first-order chi connectivity index (χ1) is 7.75. The van der Waals surface area contributed by atoms with Gasteiger partial charge in [0.05, 0.1) is 6.10 Å². The Morgan fingerprint density at radius 1 is 1.69 bits per heavy atom. The maximum Gasteiger partial charge on any atom is 0.213 e. The van der Waals surface area contributed by atoms with Gasteiger partial charge >= 0.3 is 0 Å². The van der Waals surface area contributed by atoms with Crippen molar-refractivity contribution in [2.45, 2.75) is 31.9 Å². The van der Waals surface area contributed by atoms with Gasteiger partial charge in [0.15, 0.2) is 0 Å². The van der Waals surface area contributed by atoms with Crippen LogP contribution in [0.3, 0.4) is 0 Å². The summed E-state index contributed by atoms with van der Waals surface area (Å²) in [6.45, 7) is 3.37. The van der Waals surface area contributed by atoms with Gasteiger partial charge in [0.25, 0.3) is 0 Å². The van der Waals surface area contributed by atoms with Crippen LogP contribution in [0, 0.1) is 0 Å². The highest BCUT2D eigenvalue weighted by Gasteiger charge is 2.16. The minimum absolute atomic E-state index is 0.00748. The van der Waals surface area contributed by atoms with E-state index in [0.717, 1.165) is 25.0 Å². The standard InChI is InChI=1S/C12H18N2O2/c1-9(13)10-4-5-14-12(7-10)16-8-11-3-2-6-15-11/h4-5,7,9,11H,2-3,6,8,13H2,1H3/t9-,11?/m1/s1. The molecule has 0 spiro atoms. The van der Waals surface area contributed by atoms with Crippen LogP contribution in [0.1, 0.15) is 31.4 Å². The van der Waals surface area contributed by atoms with E-state index in [-0.39, 0.29) is 12.1 Å². The third-order valence-electron chi connectivity index (χ3n) is 2.73.